The Morgan fingerprint density at radius 3 is 2.86 bits per heavy atom. The quantitative estimate of drug-likeness (QED) is 0.533. The van der Waals surface area contributed by atoms with E-state index in [4.69, 9.17) is 12.6 Å². The van der Waals surface area contributed by atoms with E-state index in [0.717, 1.165) is 18.6 Å². The normalized spacial score (nSPS) is 43.1. The minimum atomic E-state index is -0.0235. The summed E-state index contributed by atoms with van der Waals surface area (Å²) < 4.78 is 5.89. The lowest BCUT2D eigenvalue weighted by molar-refractivity contribution is 0.0994. The van der Waals surface area contributed by atoms with Crippen LogP contribution >= 0.6 is 0 Å². The molecule has 0 bridgehead atoms. The molecule has 0 N–H and O–H groups in total. The Balaban J connectivity index is 2.16. The highest BCUT2D eigenvalue weighted by Gasteiger charge is 2.38. The Morgan fingerprint density at radius 1 is 1.43 bits per heavy atom. The SMILES string of the molecule is [B]C1(C)CCCC2C(C)=C(C)OC2C1. The highest BCUT2D eigenvalue weighted by molar-refractivity contribution is 6.14. The van der Waals surface area contributed by atoms with Crippen molar-refractivity contribution < 1.29 is 4.74 Å². The van der Waals surface area contributed by atoms with E-state index >= 15 is 0 Å². The molecule has 0 aromatic rings. The zero-order valence-corrected chi connectivity index (χ0v) is 9.47. The monoisotopic (exact) mass is 190 g/mol. The molecule has 3 atom stereocenters. The summed E-state index contributed by atoms with van der Waals surface area (Å²) in [5.41, 5.74) is 1.45. The average molecular weight is 190 g/mol. The van der Waals surface area contributed by atoms with Crippen LogP contribution < -0.4 is 0 Å². The van der Waals surface area contributed by atoms with Crippen LogP contribution in [0.5, 0.6) is 0 Å². The minimum Gasteiger partial charge on any atom is -0.495 e. The van der Waals surface area contributed by atoms with Crippen molar-refractivity contribution in [3.05, 3.63) is 11.3 Å². The lowest BCUT2D eigenvalue weighted by Crippen LogP contribution is -2.21. The van der Waals surface area contributed by atoms with Gasteiger partial charge in [-0.2, -0.15) is 0 Å². The second-order valence-electron chi connectivity index (χ2n) is 5.25. The van der Waals surface area contributed by atoms with Gasteiger partial charge in [0.05, 0.1) is 13.6 Å². The van der Waals surface area contributed by atoms with Crippen LogP contribution in [0.15, 0.2) is 11.3 Å². The van der Waals surface area contributed by atoms with Crippen LogP contribution in [-0.2, 0) is 4.74 Å². The molecular weight excluding hydrogens is 171 g/mol. The standard InChI is InChI=1S/C12H19BO/c1-8-9(2)14-11-7-12(3,13)6-4-5-10(8)11/h10-11H,4-7H2,1-3H3. The van der Waals surface area contributed by atoms with Crippen molar-refractivity contribution in [2.45, 2.75) is 57.9 Å². The molecule has 1 aliphatic heterocycles. The third kappa shape index (κ3) is 1.71. The van der Waals surface area contributed by atoms with Crippen LogP contribution in [0.25, 0.3) is 0 Å². The van der Waals surface area contributed by atoms with Gasteiger partial charge < -0.3 is 4.74 Å². The van der Waals surface area contributed by atoms with Crippen molar-refractivity contribution in [2.24, 2.45) is 5.92 Å². The molecule has 1 fully saturated rings. The fraction of sp³-hybridized carbons (Fsp3) is 0.833. The second kappa shape index (κ2) is 3.32. The van der Waals surface area contributed by atoms with Crippen molar-refractivity contribution in [3.8, 4) is 0 Å². The number of fused-ring (bicyclic) bond motifs is 1. The summed E-state index contributed by atoms with van der Waals surface area (Å²) in [5, 5.41) is -0.0235. The minimum absolute atomic E-state index is 0.0235. The smallest absolute Gasteiger partial charge is 0.105 e. The predicted octanol–water partition coefficient (Wildman–Crippen LogP) is 3.22. The molecule has 1 saturated carbocycles. The van der Waals surface area contributed by atoms with Gasteiger partial charge >= 0.3 is 0 Å². The molecule has 0 aromatic heterocycles. The molecule has 2 radical (unpaired) electrons. The Bertz CT molecular complexity index is 267. The molecule has 0 aromatic carbocycles. The van der Waals surface area contributed by atoms with Gasteiger partial charge in [-0.3, -0.25) is 0 Å². The zero-order valence-electron chi connectivity index (χ0n) is 9.47. The van der Waals surface area contributed by atoms with E-state index in [2.05, 4.69) is 20.8 Å². The van der Waals surface area contributed by atoms with Gasteiger partial charge in [-0.25, -0.2) is 0 Å². The summed E-state index contributed by atoms with van der Waals surface area (Å²) in [6, 6.07) is 0. The van der Waals surface area contributed by atoms with Gasteiger partial charge in [-0.05, 0) is 32.3 Å². The van der Waals surface area contributed by atoms with Gasteiger partial charge in [0.2, 0.25) is 0 Å². The molecule has 2 rings (SSSR count). The van der Waals surface area contributed by atoms with E-state index in [9.17, 15) is 0 Å². The largest absolute Gasteiger partial charge is 0.495 e. The Hall–Kier alpha value is -0.395. The summed E-state index contributed by atoms with van der Waals surface area (Å²) in [6.45, 7) is 6.44. The van der Waals surface area contributed by atoms with Crippen LogP contribution in [0.3, 0.4) is 0 Å². The van der Waals surface area contributed by atoms with Gasteiger partial charge in [-0.1, -0.05) is 25.1 Å². The van der Waals surface area contributed by atoms with Crippen molar-refractivity contribution in [1.82, 2.24) is 0 Å². The summed E-state index contributed by atoms with van der Waals surface area (Å²) in [7, 11) is 6.23. The van der Waals surface area contributed by atoms with E-state index in [-0.39, 0.29) is 5.31 Å². The van der Waals surface area contributed by atoms with Crippen LogP contribution in [0.1, 0.15) is 46.5 Å². The maximum Gasteiger partial charge on any atom is 0.105 e. The van der Waals surface area contributed by atoms with E-state index in [0.29, 0.717) is 12.0 Å². The Labute approximate surface area is 88.3 Å². The number of hydrogen-bond donors (Lipinski definition) is 0. The Kier molecular flexibility index (Phi) is 2.40. The summed E-state index contributed by atoms with van der Waals surface area (Å²) in [4.78, 5) is 0. The van der Waals surface area contributed by atoms with E-state index in [1.165, 1.54) is 18.4 Å². The molecule has 14 heavy (non-hydrogen) atoms. The maximum atomic E-state index is 6.23. The van der Waals surface area contributed by atoms with Crippen molar-refractivity contribution in [3.63, 3.8) is 0 Å². The fourth-order valence-corrected chi connectivity index (χ4v) is 2.82. The van der Waals surface area contributed by atoms with Crippen LogP contribution in [0, 0.1) is 5.92 Å². The first-order chi connectivity index (χ1) is 6.49. The topological polar surface area (TPSA) is 9.23 Å². The first-order valence-electron chi connectivity index (χ1n) is 5.62. The zero-order chi connectivity index (χ0) is 10.3. The number of allylic oxidation sites excluding steroid dienone is 1. The maximum absolute atomic E-state index is 6.23. The molecule has 0 spiro atoms. The molecule has 1 heterocycles. The van der Waals surface area contributed by atoms with Crippen LogP contribution in [-0.4, -0.2) is 14.0 Å². The first kappa shape index (κ1) is 10.1. The first-order valence-corrected chi connectivity index (χ1v) is 5.62. The molecule has 3 unspecified atom stereocenters. The van der Waals surface area contributed by atoms with Gasteiger partial charge in [0.1, 0.15) is 6.10 Å². The second-order valence-corrected chi connectivity index (χ2v) is 5.25. The molecule has 0 saturated heterocycles. The summed E-state index contributed by atoms with van der Waals surface area (Å²) in [5.74, 6) is 1.78. The van der Waals surface area contributed by atoms with Gasteiger partial charge in [0, 0.05) is 5.92 Å². The van der Waals surface area contributed by atoms with E-state index in [1.54, 1.807) is 0 Å². The highest BCUT2D eigenvalue weighted by Crippen LogP contribution is 2.46. The van der Waals surface area contributed by atoms with Crippen molar-refractivity contribution in [2.75, 3.05) is 0 Å². The predicted molar refractivity (Wildman–Crippen MR) is 59.3 cm³/mol. The third-order valence-electron chi connectivity index (χ3n) is 3.82. The molecule has 2 aliphatic rings. The van der Waals surface area contributed by atoms with Crippen LogP contribution in [0.4, 0.5) is 0 Å². The fourth-order valence-electron chi connectivity index (χ4n) is 2.82. The van der Waals surface area contributed by atoms with Gasteiger partial charge in [0.15, 0.2) is 0 Å². The highest BCUT2D eigenvalue weighted by atomic mass is 16.5. The van der Waals surface area contributed by atoms with Crippen LogP contribution in [0.2, 0.25) is 5.31 Å². The lowest BCUT2D eigenvalue weighted by atomic mass is 9.65. The summed E-state index contributed by atoms with van der Waals surface area (Å²) >= 11 is 0. The number of ether oxygens (including phenoxy) is 1. The number of rotatable bonds is 0. The summed E-state index contributed by atoms with van der Waals surface area (Å²) in [6.07, 6.45) is 4.98. The molecule has 1 aliphatic carbocycles. The third-order valence-corrected chi connectivity index (χ3v) is 3.82. The average Bonchev–Trinajstić information content (AvgIpc) is 2.28. The van der Waals surface area contributed by atoms with Gasteiger partial charge in [0.25, 0.3) is 0 Å². The molecule has 0 amide bonds. The molecule has 1 nitrogen and oxygen atoms in total. The number of hydrogen-bond acceptors (Lipinski definition) is 1. The van der Waals surface area contributed by atoms with Crippen molar-refractivity contribution in [1.29, 1.82) is 0 Å². The molecular formula is C12H19BO. The van der Waals surface area contributed by atoms with Crippen molar-refractivity contribution >= 4 is 7.85 Å². The molecule has 2 heteroatoms. The van der Waals surface area contributed by atoms with E-state index in [1.807, 2.05) is 0 Å². The van der Waals surface area contributed by atoms with Gasteiger partial charge in [-0.15, -0.1) is 0 Å². The lowest BCUT2D eigenvalue weighted by Gasteiger charge is -2.26. The Morgan fingerprint density at radius 2 is 2.14 bits per heavy atom. The van der Waals surface area contributed by atoms with E-state index < -0.39 is 0 Å². The molecule has 76 valence electrons.